The Bertz CT molecular complexity index is 629. The SMILES string of the molecule is Fc1ccc2[nH]c(-c3cccnc3)cc2c1. The summed E-state index contributed by atoms with van der Waals surface area (Å²) in [6, 6.07) is 10.5. The third-order valence-electron chi connectivity index (χ3n) is 2.56. The molecule has 0 fully saturated rings. The van der Waals surface area contributed by atoms with Crippen LogP contribution in [-0.2, 0) is 0 Å². The van der Waals surface area contributed by atoms with E-state index in [4.69, 9.17) is 0 Å². The minimum absolute atomic E-state index is 0.218. The first-order valence-corrected chi connectivity index (χ1v) is 5.01. The van der Waals surface area contributed by atoms with E-state index in [1.807, 2.05) is 18.2 Å². The Labute approximate surface area is 91.8 Å². The summed E-state index contributed by atoms with van der Waals surface area (Å²) in [6.45, 7) is 0. The van der Waals surface area contributed by atoms with Crippen molar-refractivity contribution >= 4 is 10.9 Å². The van der Waals surface area contributed by atoms with E-state index in [0.29, 0.717) is 0 Å². The minimum Gasteiger partial charge on any atom is -0.354 e. The molecule has 0 saturated heterocycles. The lowest BCUT2D eigenvalue weighted by molar-refractivity contribution is 0.630. The van der Waals surface area contributed by atoms with Crippen LogP contribution in [0.1, 0.15) is 0 Å². The van der Waals surface area contributed by atoms with Crippen molar-refractivity contribution in [1.29, 1.82) is 0 Å². The van der Waals surface area contributed by atoms with E-state index >= 15 is 0 Å². The van der Waals surface area contributed by atoms with Gasteiger partial charge in [0.2, 0.25) is 0 Å². The van der Waals surface area contributed by atoms with Crippen LogP contribution in [0.2, 0.25) is 0 Å². The summed E-state index contributed by atoms with van der Waals surface area (Å²) in [5, 5.41) is 0.874. The largest absolute Gasteiger partial charge is 0.354 e. The van der Waals surface area contributed by atoms with Gasteiger partial charge in [-0.05, 0) is 36.4 Å². The molecular formula is C13H9FN2. The van der Waals surface area contributed by atoms with Crippen molar-refractivity contribution in [3.8, 4) is 11.3 Å². The summed E-state index contributed by atoms with van der Waals surface area (Å²) in [7, 11) is 0. The van der Waals surface area contributed by atoms with E-state index in [1.54, 1.807) is 18.5 Å². The van der Waals surface area contributed by atoms with Crippen molar-refractivity contribution in [3.05, 3.63) is 54.6 Å². The smallest absolute Gasteiger partial charge is 0.123 e. The number of nitrogens with zero attached hydrogens (tertiary/aromatic N) is 1. The first-order valence-electron chi connectivity index (χ1n) is 5.01. The number of nitrogens with one attached hydrogen (secondary N) is 1. The monoisotopic (exact) mass is 212 g/mol. The number of pyridine rings is 1. The molecule has 0 spiro atoms. The predicted octanol–water partition coefficient (Wildman–Crippen LogP) is 3.37. The molecule has 0 atom stereocenters. The van der Waals surface area contributed by atoms with Crippen molar-refractivity contribution < 1.29 is 4.39 Å². The third-order valence-corrected chi connectivity index (χ3v) is 2.56. The van der Waals surface area contributed by atoms with E-state index in [9.17, 15) is 4.39 Å². The number of hydrogen-bond donors (Lipinski definition) is 1. The predicted molar refractivity (Wildman–Crippen MR) is 61.5 cm³/mol. The summed E-state index contributed by atoms with van der Waals surface area (Å²) in [5.41, 5.74) is 2.88. The second kappa shape index (κ2) is 3.45. The van der Waals surface area contributed by atoms with E-state index in [2.05, 4.69) is 9.97 Å². The van der Waals surface area contributed by atoms with Crippen molar-refractivity contribution in [2.75, 3.05) is 0 Å². The first kappa shape index (κ1) is 9.09. The number of rotatable bonds is 1. The fourth-order valence-corrected chi connectivity index (χ4v) is 1.78. The maximum absolute atomic E-state index is 13.0. The number of fused-ring (bicyclic) bond motifs is 1. The van der Waals surface area contributed by atoms with Gasteiger partial charge in [0.05, 0.1) is 0 Å². The Hall–Kier alpha value is -2.16. The molecule has 2 nitrogen and oxygen atoms in total. The number of benzene rings is 1. The lowest BCUT2D eigenvalue weighted by Crippen LogP contribution is -1.77. The average Bonchev–Trinajstić information content (AvgIpc) is 2.73. The molecule has 0 unspecified atom stereocenters. The molecular weight excluding hydrogens is 203 g/mol. The highest BCUT2D eigenvalue weighted by atomic mass is 19.1. The molecule has 0 bridgehead atoms. The summed E-state index contributed by atoms with van der Waals surface area (Å²) in [5.74, 6) is -0.218. The van der Waals surface area contributed by atoms with Crippen LogP contribution in [0.25, 0.3) is 22.2 Å². The normalized spacial score (nSPS) is 10.8. The summed E-state index contributed by atoms with van der Waals surface area (Å²) < 4.78 is 13.0. The van der Waals surface area contributed by atoms with Gasteiger partial charge in [0.15, 0.2) is 0 Å². The quantitative estimate of drug-likeness (QED) is 0.658. The van der Waals surface area contributed by atoms with Gasteiger partial charge in [-0.25, -0.2) is 4.39 Å². The number of aromatic amines is 1. The number of halogens is 1. The molecule has 0 saturated carbocycles. The maximum Gasteiger partial charge on any atom is 0.123 e. The highest BCUT2D eigenvalue weighted by molar-refractivity contribution is 5.85. The Morgan fingerprint density at radius 3 is 2.88 bits per heavy atom. The Morgan fingerprint density at radius 1 is 1.12 bits per heavy atom. The molecule has 16 heavy (non-hydrogen) atoms. The van der Waals surface area contributed by atoms with Crippen LogP contribution in [0.4, 0.5) is 4.39 Å². The van der Waals surface area contributed by atoms with Crippen LogP contribution in [0.15, 0.2) is 48.8 Å². The average molecular weight is 212 g/mol. The van der Waals surface area contributed by atoms with E-state index in [0.717, 1.165) is 22.2 Å². The molecule has 0 radical (unpaired) electrons. The molecule has 2 aromatic heterocycles. The van der Waals surface area contributed by atoms with E-state index in [1.165, 1.54) is 12.1 Å². The number of hydrogen-bond acceptors (Lipinski definition) is 1. The van der Waals surface area contributed by atoms with Gasteiger partial charge in [-0.15, -0.1) is 0 Å². The van der Waals surface area contributed by atoms with E-state index in [-0.39, 0.29) is 5.82 Å². The van der Waals surface area contributed by atoms with Crippen LogP contribution in [0, 0.1) is 5.82 Å². The standard InChI is InChI=1S/C13H9FN2/c14-11-3-4-12-10(6-11)7-13(16-12)9-2-1-5-15-8-9/h1-8,16H. The molecule has 0 aliphatic carbocycles. The molecule has 78 valence electrons. The molecule has 1 N–H and O–H groups in total. The van der Waals surface area contributed by atoms with Crippen LogP contribution < -0.4 is 0 Å². The van der Waals surface area contributed by atoms with Crippen LogP contribution in [0.5, 0.6) is 0 Å². The summed E-state index contributed by atoms with van der Waals surface area (Å²) >= 11 is 0. The van der Waals surface area contributed by atoms with Crippen molar-refractivity contribution in [1.82, 2.24) is 9.97 Å². The molecule has 2 heterocycles. The van der Waals surface area contributed by atoms with Gasteiger partial charge in [0.1, 0.15) is 5.82 Å². The molecule has 1 aromatic carbocycles. The second-order valence-electron chi connectivity index (χ2n) is 3.66. The lowest BCUT2D eigenvalue weighted by Gasteiger charge is -1.94. The van der Waals surface area contributed by atoms with Gasteiger partial charge in [-0.1, -0.05) is 0 Å². The Balaban J connectivity index is 2.19. The first-order chi connectivity index (χ1) is 7.83. The van der Waals surface area contributed by atoms with Gasteiger partial charge in [0.25, 0.3) is 0 Å². The van der Waals surface area contributed by atoms with Gasteiger partial charge in [-0.3, -0.25) is 4.98 Å². The lowest BCUT2D eigenvalue weighted by atomic mass is 10.2. The molecule has 0 aliphatic heterocycles. The van der Waals surface area contributed by atoms with Gasteiger partial charge < -0.3 is 4.98 Å². The topological polar surface area (TPSA) is 28.7 Å². The molecule has 3 rings (SSSR count). The van der Waals surface area contributed by atoms with E-state index < -0.39 is 0 Å². The Kier molecular flexibility index (Phi) is 1.96. The molecule has 0 amide bonds. The number of aromatic nitrogens is 2. The van der Waals surface area contributed by atoms with Gasteiger partial charge >= 0.3 is 0 Å². The maximum atomic E-state index is 13.0. The van der Waals surface area contributed by atoms with Gasteiger partial charge in [0, 0.05) is 34.6 Å². The molecule has 3 heteroatoms. The highest BCUT2D eigenvalue weighted by Gasteiger charge is 2.03. The Morgan fingerprint density at radius 2 is 2.06 bits per heavy atom. The van der Waals surface area contributed by atoms with Crippen molar-refractivity contribution in [2.45, 2.75) is 0 Å². The zero-order valence-electron chi connectivity index (χ0n) is 8.44. The fourth-order valence-electron chi connectivity index (χ4n) is 1.78. The zero-order valence-corrected chi connectivity index (χ0v) is 8.44. The van der Waals surface area contributed by atoms with Crippen LogP contribution in [-0.4, -0.2) is 9.97 Å². The fraction of sp³-hybridized carbons (Fsp3) is 0. The zero-order chi connectivity index (χ0) is 11.0. The molecule has 0 aliphatic rings. The summed E-state index contributed by atoms with van der Waals surface area (Å²) in [4.78, 5) is 7.29. The van der Waals surface area contributed by atoms with Crippen LogP contribution in [0.3, 0.4) is 0 Å². The van der Waals surface area contributed by atoms with Crippen LogP contribution >= 0.6 is 0 Å². The minimum atomic E-state index is -0.218. The van der Waals surface area contributed by atoms with Gasteiger partial charge in [-0.2, -0.15) is 0 Å². The molecule has 3 aromatic rings. The highest BCUT2D eigenvalue weighted by Crippen LogP contribution is 2.23. The second-order valence-corrected chi connectivity index (χ2v) is 3.66. The summed E-state index contributed by atoms with van der Waals surface area (Å²) in [6.07, 6.45) is 3.51. The van der Waals surface area contributed by atoms with Crippen molar-refractivity contribution in [3.63, 3.8) is 0 Å². The van der Waals surface area contributed by atoms with Crippen molar-refractivity contribution in [2.24, 2.45) is 0 Å². The third kappa shape index (κ3) is 1.46. The number of H-pyrrole nitrogens is 1.